The fourth-order valence-corrected chi connectivity index (χ4v) is 27.4. The third-order valence-corrected chi connectivity index (χ3v) is 36.1. The Hall–Kier alpha value is -11.5. The predicted molar refractivity (Wildman–Crippen MR) is 559 cm³/mol. The summed E-state index contributed by atoms with van der Waals surface area (Å²) in [5.74, 6) is -1.92. The molecule has 2 amide bonds. The number of benzene rings is 4. The lowest BCUT2D eigenvalue weighted by Gasteiger charge is -2.51. The van der Waals surface area contributed by atoms with Crippen LogP contribution in [-0.2, 0) is 56.4 Å². The van der Waals surface area contributed by atoms with Crippen molar-refractivity contribution in [3.05, 3.63) is 299 Å². The molecule has 4 aromatic carbocycles. The highest BCUT2D eigenvalue weighted by Gasteiger charge is 2.55. The van der Waals surface area contributed by atoms with Gasteiger partial charge in [-0.15, -0.1) is 56.7 Å². The third-order valence-electron chi connectivity index (χ3n) is 29.7. The molecule has 3 N–H and O–H groups in total. The molecule has 9 aromatic heterocycles. The van der Waals surface area contributed by atoms with Crippen LogP contribution >= 0.6 is 79.3 Å². The Balaban J connectivity index is 0.000000129. The smallest absolute Gasteiger partial charge is 0.348 e. The topological polar surface area (TPSA) is 269 Å². The Kier molecular flexibility index (Phi) is 31.2. The predicted octanol–water partition coefficient (Wildman–Crippen LogP) is 24.4. The van der Waals surface area contributed by atoms with Gasteiger partial charge in [-0.05, 0) is 295 Å². The Bertz CT molecular complexity index is 6740. The monoisotopic (exact) mass is 2130 g/mol. The number of fused-ring (bicyclic) bond motifs is 8. The van der Waals surface area contributed by atoms with E-state index in [4.69, 9.17) is 4.74 Å². The van der Waals surface area contributed by atoms with E-state index >= 15 is 0 Å². The molecule has 32 heteroatoms. The SMILES string of the molecule is CN(C)C(=O)c1ccc([C@@](C)(O)[C@H]2CCCC3=Cc4c(-c5ccc(F)cc5)ncn4C[C@@]32C)s1.CN(C)C(=O)c1ccc([C@@](C)(O)[C@H]2CCCC3=Cc4c(-c5ccc(F)cc5)ncn4C[C@@]32C)s1.COC(=O)c1ccc(C(O)[C@H]2CCCC3=Cc4c(-c5ccc(F)cc5)ncn4C[C@@]32C)s1.COC(=O)c1ccc(I)s1.COC(=O)c1cccs1.C[C@]12Cn3cnc(-c4ccc(F)cc4)c3C=C1CCC[C@@H]2C=O. The Morgan fingerprint density at radius 2 is 0.768 bits per heavy atom. The summed E-state index contributed by atoms with van der Waals surface area (Å²) in [5, 5.41) is 37.0. The number of aldehydes is 1. The molecule has 21 rings (SSSR count). The average molecular weight is 2130 g/mol. The molecule has 0 saturated heterocycles. The number of thiophene rings is 5. The van der Waals surface area contributed by atoms with Crippen LogP contribution in [-0.4, -0.2) is 149 Å². The maximum absolute atomic E-state index is 13.4. The zero-order chi connectivity index (χ0) is 101. The van der Waals surface area contributed by atoms with Crippen molar-refractivity contribution in [3.63, 3.8) is 0 Å². The minimum absolute atomic E-state index is 0.00854. The molecule has 1 unspecified atom stereocenters. The molecular weight excluding hydrogens is 2020 g/mol. The van der Waals surface area contributed by atoms with Crippen LogP contribution in [0.5, 0.6) is 0 Å². The van der Waals surface area contributed by atoms with Crippen molar-refractivity contribution in [3.8, 4) is 45.0 Å². The number of rotatable bonds is 16. The van der Waals surface area contributed by atoms with Crippen molar-refractivity contribution < 1.29 is 75.9 Å². The first-order valence-electron chi connectivity index (χ1n) is 47.3. The Morgan fingerprint density at radius 3 is 1.12 bits per heavy atom. The van der Waals surface area contributed by atoms with Crippen molar-refractivity contribution in [1.82, 2.24) is 48.0 Å². The number of carbonyl (C=O) groups excluding carboxylic acids is 6. The fourth-order valence-electron chi connectivity index (χ4n) is 21.9. The normalized spacial score (nSPS) is 21.9. The van der Waals surface area contributed by atoms with Crippen molar-refractivity contribution in [1.29, 1.82) is 0 Å². The minimum atomic E-state index is -1.07. The Labute approximate surface area is 857 Å². The number of hydrogen-bond donors (Lipinski definition) is 3. The molecule has 0 radical (unpaired) electrons. The van der Waals surface area contributed by atoms with Crippen LogP contribution in [0.3, 0.4) is 0 Å². The number of nitrogens with zero attached hydrogens (tertiary/aromatic N) is 10. The summed E-state index contributed by atoms with van der Waals surface area (Å²) in [6, 6.07) is 44.0. The molecule has 4 aliphatic heterocycles. The van der Waals surface area contributed by atoms with Gasteiger partial charge < -0.3 is 62.4 Å². The van der Waals surface area contributed by atoms with Crippen molar-refractivity contribution in [2.45, 2.75) is 162 Å². The number of aliphatic hydroxyl groups is 3. The molecule has 4 fully saturated rings. The van der Waals surface area contributed by atoms with Gasteiger partial charge in [0, 0.05) is 137 Å². The van der Waals surface area contributed by atoms with E-state index in [1.54, 1.807) is 105 Å². The lowest BCUT2D eigenvalue weighted by molar-refractivity contribution is -0.115. The Morgan fingerprint density at radius 1 is 0.437 bits per heavy atom. The van der Waals surface area contributed by atoms with Crippen LogP contribution in [0.4, 0.5) is 17.6 Å². The summed E-state index contributed by atoms with van der Waals surface area (Å²) in [4.78, 5) is 96.9. The maximum atomic E-state index is 13.4. The first kappa shape index (κ1) is 103. The second-order valence-corrected chi connectivity index (χ2v) is 46.3. The van der Waals surface area contributed by atoms with Crippen LogP contribution in [0.1, 0.15) is 210 Å². The van der Waals surface area contributed by atoms with E-state index in [0.717, 1.165) is 195 Å². The fraction of sp³-hybridized carbons (Fsp3) is 0.364. The molecular formula is C110H115F4IN10O12S5. The van der Waals surface area contributed by atoms with Gasteiger partial charge in [-0.1, -0.05) is 56.1 Å². The average Bonchev–Trinajstić information content (AvgIpc) is 1.27. The molecule has 142 heavy (non-hydrogen) atoms. The molecule has 4 saturated carbocycles. The molecule has 0 bridgehead atoms. The number of amides is 2. The van der Waals surface area contributed by atoms with E-state index in [-0.39, 0.29) is 98.3 Å². The first-order valence-corrected chi connectivity index (χ1v) is 52.5. The molecule has 22 nitrogen and oxygen atoms in total. The zero-order valence-corrected chi connectivity index (χ0v) is 87.6. The summed E-state index contributed by atoms with van der Waals surface area (Å²) in [7, 11) is 11.1. The van der Waals surface area contributed by atoms with Gasteiger partial charge in [0.2, 0.25) is 0 Å². The zero-order valence-electron chi connectivity index (χ0n) is 81.4. The van der Waals surface area contributed by atoms with Gasteiger partial charge in [-0.25, -0.2) is 51.9 Å². The van der Waals surface area contributed by atoms with Crippen molar-refractivity contribution in [2.75, 3.05) is 49.5 Å². The highest BCUT2D eigenvalue weighted by molar-refractivity contribution is 14.1. The number of aromatic nitrogens is 8. The number of aliphatic hydroxyl groups excluding tert-OH is 1. The van der Waals surface area contributed by atoms with E-state index in [0.29, 0.717) is 24.4 Å². The van der Waals surface area contributed by atoms with Gasteiger partial charge in [-0.2, -0.15) is 0 Å². The van der Waals surface area contributed by atoms with Gasteiger partial charge in [0.05, 0.1) is 122 Å². The number of allylic oxidation sites excluding steroid dienone is 4. The van der Waals surface area contributed by atoms with Crippen LogP contribution in [0.15, 0.2) is 211 Å². The van der Waals surface area contributed by atoms with E-state index in [1.807, 2.05) is 87.0 Å². The van der Waals surface area contributed by atoms with E-state index in [2.05, 4.69) is 122 Å². The standard InChI is InChI=1S/2C27H30FN3O2S.C25H25FN2O3S.C19H19FN2O.C6H5IO2S.C6H6O2S/c2*1-26-15-31-16-29-24(17-8-10-19(28)11-9-17)20(31)14-18(26)6-5-7-22(26)27(2,33)23-13-12-21(34-23)25(32)30(3)4;1-25-13-28-14-27-22(15-6-8-17(26)9-7-15)19(28)12-16(25)4-3-5-18(25)23(29)20-10-11-21(32-20)24(30)31-2;1-19-11-22-12-21-18(13-5-7-16(20)8-6-13)17(22)9-14(19)3-2-4-15(19)10-23;1-9-6(8)4-2-3-5(7)10-4;1-8-6(7)5-3-2-4-9-5/h2*8-14,16,22,33H,5-7,15H2,1-4H3;6-12,14,18,23,29H,3-5,13H2,1-2H3;5-10,12,15H,2-4,11H2,1H3;2-3H,1H3;2-4H,1H3/t2*22-,26-,27-;18-,23?,25+;15-,19+;;/m0011../s1. The summed E-state index contributed by atoms with van der Waals surface area (Å²) in [6.07, 6.45) is 28.4. The van der Waals surface area contributed by atoms with E-state index in [1.165, 1.54) is 149 Å². The van der Waals surface area contributed by atoms with Gasteiger partial charge >= 0.3 is 17.9 Å². The van der Waals surface area contributed by atoms with Crippen molar-refractivity contribution >= 4 is 140 Å². The number of imidazole rings is 4. The summed E-state index contributed by atoms with van der Waals surface area (Å²) in [5.41, 5.74) is 13.6. The maximum Gasteiger partial charge on any atom is 0.348 e. The number of esters is 3. The van der Waals surface area contributed by atoms with Crippen LogP contribution in [0.2, 0.25) is 0 Å². The highest BCUT2D eigenvalue weighted by Crippen LogP contribution is 2.61. The molecule has 11 atom stereocenters. The van der Waals surface area contributed by atoms with Crippen LogP contribution in [0, 0.1) is 71.5 Å². The molecule has 4 aliphatic carbocycles. The van der Waals surface area contributed by atoms with E-state index < -0.39 is 17.3 Å². The number of hydrogen-bond acceptors (Lipinski definition) is 21. The molecule has 13 heterocycles. The molecule has 0 spiro atoms. The number of ether oxygens (including phenoxy) is 3. The van der Waals surface area contributed by atoms with Gasteiger partial charge in [-0.3, -0.25) is 9.59 Å². The van der Waals surface area contributed by atoms with Crippen LogP contribution in [0.25, 0.3) is 69.3 Å². The lowest BCUT2D eigenvalue weighted by Crippen LogP contribution is -2.48. The minimum Gasteiger partial charge on any atom is -0.465 e. The van der Waals surface area contributed by atoms with Gasteiger partial charge in [0.25, 0.3) is 11.8 Å². The van der Waals surface area contributed by atoms with Crippen LogP contribution < -0.4 is 0 Å². The second kappa shape index (κ2) is 42.8. The molecule has 742 valence electrons. The third kappa shape index (κ3) is 21.0. The largest absolute Gasteiger partial charge is 0.465 e. The number of methoxy groups -OCH3 is 3. The number of carbonyl (C=O) groups is 6. The molecule has 8 aliphatic rings. The lowest BCUT2D eigenvalue weighted by atomic mass is 9.58. The quantitative estimate of drug-likeness (QED) is 0.0267. The number of halogens is 5. The second-order valence-electron chi connectivity index (χ2n) is 39.0. The summed E-state index contributed by atoms with van der Waals surface area (Å²) >= 11 is 9.05. The summed E-state index contributed by atoms with van der Waals surface area (Å²) in [6.45, 7) is 15.7. The van der Waals surface area contributed by atoms with Gasteiger partial charge in [0.1, 0.15) is 44.2 Å². The summed E-state index contributed by atoms with van der Waals surface area (Å²) < 4.78 is 76.9. The molecule has 13 aromatic rings. The van der Waals surface area contributed by atoms with E-state index in [9.17, 15) is 61.6 Å². The highest BCUT2D eigenvalue weighted by atomic mass is 127. The van der Waals surface area contributed by atoms with Crippen molar-refractivity contribution in [2.24, 2.45) is 45.3 Å². The first-order chi connectivity index (χ1) is 67.8. The van der Waals surface area contributed by atoms with Gasteiger partial charge in [0.15, 0.2) is 0 Å².